The van der Waals surface area contributed by atoms with E-state index in [4.69, 9.17) is 18.9 Å². The number of hydrogen-bond donors (Lipinski definition) is 0. The van der Waals surface area contributed by atoms with Gasteiger partial charge in [-0.1, -0.05) is 13.8 Å². The lowest BCUT2D eigenvalue weighted by molar-refractivity contribution is -0.295. The van der Waals surface area contributed by atoms with Crippen LogP contribution in [0.2, 0.25) is 0 Å². The molecule has 16 heavy (non-hydrogen) atoms. The van der Waals surface area contributed by atoms with Crippen molar-refractivity contribution in [1.29, 1.82) is 0 Å². The van der Waals surface area contributed by atoms with Crippen molar-refractivity contribution in [2.45, 2.75) is 44.7 Å². The van der Waals surface area contributed by atoms with Crippen molar-refractivity contribution in [1.82, 2.24) is 0 Å². The minimum Gasteiger partial charge on any atom is -0.347 e. The van der Waals surface area contributed by atoms with E-state index in [-0.39, 0.29) is 5.41 Å². The summed E-state index contributed by atoms with van der Waals surface area (Å²) in [7, 11) is 0. The first-order valence-corrected chi connectivity index (χ1v) is 6.09. The van der Waals surface area contributed by atoms with Crippen molar-refractivity contribution >= 4 is 0 Å². The highest BCUT2D eigenvalue weighted by atomic mass is 16.8. The Bertz CT molecular complexity index is 249. The fraction of sp³-hybridized carbons (Fsp3) is 1.00. The zero-order chi connectivity index (χ0) is 11.3. The van der Waals surface area contributed by atoms with Crippen molar-refractivity contribution in [2.75, 3.05) is 26.4 Å². The molecule has 4 nitrogen and oxygen atoms in total. The molecule has 0 atom stereocenters. The Balaban J connectivity index is 1.87. The minimum atomic E-state index is -0.466. The molecule has 0 aromatic carbocycles. The summed E-state index contributed by atoms with van der Waals surface area (Å²) in [6.07, 6.45) is 2.56. The maximum absolute atomic E-state index is 5.82. The molecule has 0 radical (unpaired) electrons. The molecule has 1 aliphatic carbocycles. The predicted octanol–water partition coefficient (Wildman–Crippen LogP) is 1.68. The normalized spacial score (nSPS) is 34.9. The van der Waals surface area contributed by atoms with Crippen LogP contribution in [0.15, 0.2) is 0 Å². The third kappa shape index (κ3) is 1.78. The van der Waals surface area contributed by atoms with Gasteiger partial charge >= 0.3 is 0 Å². The van der Waals surface area contributed by atoms with Gasteiger partial charge < -0.3 is 18.9 Å². The molecule has 0 aromatic heterocycles. The largest absolute Gasteiger partial charge is 0.347 e. The van der Waals surface area contributed by atoms with Crippen molar-refractivity contribution in [3.63, 3.8) is 0 Å². The lowest BCUT2D eigenvalue weighted by Crippen LogP contribution is -2.53. The van der Waals surface area contributed by atoms with Crippen LogP contribution in [-0.4, -0.2) is 38.0 Å². The first-order valence-electron chi connectivity index (χ1n) is 6.09. The summed E-state index contributed by atoms with van der Waals surface area (Å²) in [6.45, 7) is 7.20. The van der Waals surface area contributed by atoms with Crippen LogP contribution in [-0.2, 0) is 18.9 Å². The van der Waals surface area contributed by atoms with Crippen LogP contribution in [0.5, 0.6) is 0 Å². The highest BCUT2D eigenvalue weighted by molar-refractivity contribution is 4.97. The summed E-state index contributed by atoms with van der Waals surface area (Å²) in [4.78, 5) is 0. The molecule has 0 bridgehead atoms. The molecule has 2 aliphatic heterocycles. The van der Waals surface area contributed by atoms with Gasteiger partial charge in [-0.3, -0.25) is 0 Å². The SMILES string of the molecule is CC1(C)CC2(CC3(C1)OCCO3)OCCO2. The first kappa shape index (κ1) is 11.0. The zero-order valence-electron chi connectivity index (χ0n) is 10.1. The van der Waals surface area contributed by atoms with E-state index in [1.54, 1.807) is 0 Å². The van der Waals surface area contributed by atoms with Gasteiger partial charge in [-0.05, 0) is 5.41 Å². The summed E-state index contributed by atoms with van der Waals surface area (Å²) < 4.78 is 23.3. The lowest BCUT2D eigenvalue weighted by Gasteiger charge is -2.48. The van der Waals surface area contributed by atoms with Gasteiger partial charge in [0, 0.05) is 12.8 Å². The summed E-state index contributed by atoms with van der Waals surface area (Å²) in [5.41, 5.74) is 0.132. The van der Waals surface area contributed by atoms with Gasteiger partial charge in [-0.15, -0.1) is 0 Å². The van der Waals surface area contributed by atoms with Gasteiger partial charge in [0.15, 0.2) is 11.6 Å². The standard InChI is InChI=1S/C12H20O4/c1-10(2)7-11(13-3-4-14-11)9-12(8-10)15-5-6-16-12/h3-9H2,1-2H3. The van der Waals surface area contributed by atoms with Crippen LogP contribution in [0.1, 0.15) is 33.1 Å². The molecule has 0 aromatic rings. The van der Waals surface area contributed by atoms with Crippen LogP contribution >= 0.6 is 0 Å². The van der Waals surface area contributed by atoms with Crippen LogP contribution in [0, 0.1) is 5.41 Å². The maximum atomic E-state index is 5.82. The van der Waals surface area contributed by atoms with Crippen LogP contribution in [0.4, 0.5) is 0 Å². The van der Waals surface area contributed by atoms with Gasteiger partial charge in [0.2, 0.25) is 0 Å². The van der Waals surface area contributed by atoms with Crippen molar-refractivity contribution in [3.8, 4) is 0 Å². The Labute approximate surface area is 96.2 Å². The molecule has 3 rings (SSSR count). The molecule has 3 fully saturated rings. The Morgan fingerprint density at radius 3 is 1.38 bits per heavy atom. The van der Waals surface area contributed by atoms with Crippen LogP contribution < -0.4 is 0 Å². The third-order valence-corrected chi connectivity index (χ3v) is 3.66. The second-order valence-electron chi connectivity index (χ2n) is 5.91. The molecule has 0 unspecified atom stereocenters. The molecule has 1 saturated carbocycles. The van der Waals surface area contributed by atoms with Crippen LogP contribution in [0.25, 0.3) is 0 Å². The average Bonchev–Trinajstić information content (AvgIpc) is 2.73. The summed E-state index contributed by atoms with van der Waals surface area (Å²) in [5, 5.41) is 0. The van der Waals surface area contributed by atoms with E-state index in [2.05, 4.69) is 13.8 Å². The van der Waals surface area contributed by atoms with E-state index in [0.29, 0.717) is 32.8 Å². The second-order valence-corrected chi connectivity index (χ2v) is 5.91. The van der Waals surface area contributed by atoms with E-state index in [1.165, 1.54) is 0 Å². The van der Waals surface area contributed by atoms with Gasteiger partial charge in [0.05, 0.1) is 32.8 Å². The van der Waals surface area contributed by atoms with Crippen molar-refractivity contribution < 1.29 is 18.9 Å². The Kier molecular flexibility index (Phi) is 2.34. The molecular formula is C12H20O4. The molecule has 4 heteroatoms. The second kappa shape index (κ2) is 3.42. The first-order chi connectivity index (χ1) is 7.54. The lowest BCUT2D eigenvalue weighted by atomic mass is 9.71. The third-order valence-electron chi connectivity index (χ3n) is 3.66. The topological polar surface area (TPSA) is 36.9 Å². The van der Waals surface area contributed by atoms with Crippen molar-refractivity contribution in [3.05, 3.63) is 0 Å². The zero-order valence-corrected chi connectivity index (χ0v) is 10.1. The minimum absolute atomic E-state index is 0.132. The van der Waals surface area contributed by atoms with E-state index >= 15 is 0 Å². The van der Waals surface area contributed by atoms with Gasteiger partial charge in [0.25, 0.3) is 0 Å². The smallest absolute Gasteiger partial charge is 0.174 e. The van der Waals surface area contributed by atoms with Gasteiger partial charge in [0.1, 0.15) is 0 Å². The van der Waals surface area contributed by atoms with E-state index in [0.717, 1.165) is 12.8 Å². The quantitative estimate of drug-likeness (QED) is 0.632. The highest BCUT2D eigenvalue weighted by Crippen LogP contribution is 2.52. The monoisotopic (exact) mass is 228 g/mol. The van der Waals surface area contributed by atoms with Crippen molar-refractivity contribution in [2.24, 2.45) is 5.41 Å². The molecule has 2 heterocycles. The molecule has 0 amide bonds. The summed E-state index contributed by atoms with van der Waals surface area (Å²) >= 11 is 0. The number of rotatable bonds is 0. The predicted molar refractivity (Wildman–Crippen MR) is 56.9 cm³/mol. The highest BCUT2D eigenvalue weighted by Gasteiger charge is 2.57. The molecule has 3 aliphatic rings. The average molecular weight is 228 g/mol. The molecule has 2 spiro atoms. The summed E-state index contributed by atoms with van der Waals surface area (Å²) in [6, 6.07) is 0. The fourth-order valence-electron chi connectivity index (χ4n) is 3.46. The van der Waals surface area contributed by atoms with E-state index in [9.17, 15) is 0 Å². The molecule has 2 saturated heterocycles. The Hall–Kier alpha value is -0.160. The van der Waals surface area contributed by atoms with Crippen LogP contribution in [0.3, 0.4) is 0 Å². The fourth-order valence-corrected chi connectivity index (χ4v) is 3.46. The molecular weight excluding hydrogens is 208 g/mol. The molecule has 0 N–H and O–H groups in total. The maximum Gasteiger partial charge on any atom is 0.174 e. The van der Waals surface area contributed by atoms with Gasteiger partial charge in [-0.25, -0.2) is 0 Å². The Morgan fingerprint density at radius 2 is 1.00 bits per heavy atom. The number of ether oxygens (including phenoxy) is 4. The molecule has 92 valence electrons. The van der Waals surface area contributed by atoms with E-state index in [1.807, 2.05) is 0 Å². The number of hydrogen-bond acceptors (Lipinski definition) is 4. The Morgan fingerprint density at radius 1 is 0.625 bits per heavy atom. The van der Waals surface area contributed by atoms with E-state index < -0.39 is 11.6 Å². The van der Waals surface area contributed by atoms with Gasteiger partial charge in [-0.2, -0.15) is 0 Å². The summed E-state index contributed by atoms with van der Waals surface area (Å²) in [5.74, 6) is -0.932.